The van der Waals surface area contributed by atoms with Crippen LogP contribution in [0.5, 0.6) is 0 Å². The number of benzene rings is 1. The van der Waals surface area contributed by atoms with E-state index in [1.165, 1.54) is 6.08 Å². The lowest BCUT2D eigenvalue weighted by Crippen LogP contribution is -2.35. The minimum Gasteiger partial charge on any atom is -0.463 e. The molecule has 0 bridgehead atoms. The van der Waals surface area contributed by atoms with E-state index in [1.807, 2.05) is 45.9 Å². The van der Waals surface area contributed by atoms with Crippen molar-refractivity contribution in [2.45, 2.75) is 46.6 Å². The van der Waals surface area contributed by atoms with Crippen molar-refractivity contribution in [3.05, 3.63) is 35.4 Å². The zero-order chi connectivity index (χ0) is 17.9. The van der Waals surface area contributed by atoms with Gasteiger partial charge in [-0.1, -0.05) is 6.07 Å². The van der Waals surface area contributed by atoms with E-state index >= 15 is 0 Å². The van der Waals surface area contributed by atoms with Gasteiger partial charge in [-0.2, -0.15) is 0 Å². The minimum absolute atomic E-state index is 0.326. The van der Waals surface area contributed by atoms with Gasteiger partial charge in [0.15, 0.2) is 0 Å². The van der Waals surface area contributed by atoms with Gasteiger partial charge in [0, 0.05) is 12.6 Å². The van der Waals surface area contributed by atoms with Gasteiger partial charge in [0.2, 0.25) is 0 Å². The molecule has 5 nitrogen and oxygen atoms in total. The van der Waals surface area contributed by atoms with Crippen molar-refractivity contribution >= 4 is 23.3 Å². The van der Waals surface area contributed by atoms with Crippen LogP contribution in [0.15, 0.2) is 24.3 Å². The van der Waals surface area contributed by atoms with Gasteiger partial charge in [-0.15, -0.1) is 0 Å². The third-order valence-corrected chi connectivity index (χ3v) is 3.67. The second-order valence-corrected chi connectivity index (χ2v) is 6.80. The molecular formula is C19H25NO4. The van der Waals surface area contributed by atoms with E-state index in [-0.39, 0.29) is 12.1 Å². The topological polar surface area (TPSA) is 55.8 Å². The summed E-state index contributed by atoms with van der Waals surface area (Å²) < 4.78 is 10.4. The van der Waals surface area contributed by atoms with Crippen LogP contribution < -0.4 is 4.90 Å². The first-order valence-electron chi connectivity index (χ1n) is 8.20. The largest absolute Gasteiger partial charge is 0.463 e. The Bertz CT molecular complexity index is 670. The molecule has 1 aromatic carbocycles. The quantitative estimate of drug-likeness (QED) is 0.621. The first-order chi connectivity index (χ1) is 11.2. The highest BCUT2D eigenvalue weighted by atomic mass is 16.6. The van der Waals surface area contributed by atoms with Gasteiger partial charge >= 0.3 is 12.1 Å². The summed E-state index contributed by atoms with van der Waals surface area (Å²) in [6.07, 6.45) is 1.94. The summed E-state index contributed by atoms with van der Waals surface area (Å²) in [6.45, 7) is 10.2. The lowest BCUT2D eigenvalue weighted by atomic mass is 10.0. The Labute approximate surface area is 143 Å². The fraction of sp³-hybridized carbons (Fsp3) is 0.474. The molecule has 2 rings (SSSR count). The Morgan fingerprint density at radius 1 is 1.29 bits per heavy atom. The molecule has 0 N–H and O–H groups in total. The Morgan fingerprint density at radius 3 is 2.62 bits per heavy atom. The Kier molecular flexibility index (Phi) is 5.32. The highest BCUT2D eigenvalue weighted by molar-refractivity contribution is 5.93. The predicted molar refractivity (Wildman–Crippen MR) is 94.0 cm³/mol. The lowest BCUT2D eigenvalue weighted by Gasteiger charge is -2.24. The molecule has 0 atom stereocenters. The average Bonchev–Trinajstić information content (AvgIpc) is 2.88. The van der Waals surface area contributed by atoms with E-state index in [0.29, 0.717) is 13.2 Å². The number of hydrogen-bond acceptors (Lipinski definition) is 4. The second-order valence-electron chi connectivity index (χ2n) is 6.80. The van der Waals surface area contributed by atoms with Crippen molar-refractivity contribution in [1.82, 2.24) is 0 Å². The molecule has 5 heteroatoms. The molecule has 0 radical (unpaired) electrons. The maximum atomic E-state index is 12.3. The van der Waals surface area contributed by atoms with Crippen molar-refractivity contribution < 1.29 is 19.1 Å². The van der Waals surface area contributed by atoms with Crippen LogP contribution in [0.1, 0.15) is 45.7 Å². The maximum Gasteiger partial charge on any atom is 0.414 e. The van der Waals surface area contributed by atoms with E-state index in [0.717, 1.165) is 28.8 Å². The van der Waals surface area contributed by atoms with E-state index in [1.54, 1.807) is 11.8 Å². The van der Waals surface area contributed by atoms with Crippen molar-refractivity contribution in [2.24, 2.45) is 0 Å². The fourth-order valence-corrected chi connectivity index (χ4v) is 2.60. The van der Waals surface area contributed by atoms with Gasteiger partial charge in [0.1, 0.15) is 5.60 Å². The van der Waals surface area contributed by atoms with Crippen LogP contribution in [0.2, 0.25) is 0 Å². The van der Waals surface area contributed by atoms with Gasteiger partial charge in [-0.05, 0) is 69.9 Å². The van der Waals surface area contributed by atoms with Crippen LogP contribution >= 0.6 is 0 Å². The molecule has 1 aromatic rings. The third kappa shape index (κ3) is 4.37. The summed E-state index contributed by atoms with van der Waals surface area (Å²) in [5.41, 5.74) is 3.23. The fourth-order valence-electron chi connectivity index (χ4n) is 2.60. The number of carbonyl (C=O) groups is 2. The summed E-state index contributed by atoms with van der Waals surface area (Å²) in [4.78, 5) is 25.5. The standard InChI is InChI=1S/C19H25NO4/c1-6-23-17(21)11-13(2)14-7-8-16-15(12-14)9-10-20(16)18(22)24-19(3,4)5/h7-8,11-12H,6,9-10H2,1-5H3/b13-11+. The van der Waals surface area contributed by atoms with Crippen LogP contribution in [0, 0.1) is 0 Å². The Balaban J connectivity index is 2.19. The number of amides is 1. The summed E-state index contributed by atoms with van der Waals surface area (Å²) in [5, 5.41) is 0. The van der Waals surface area contributed by atoms with Crippen LogP contribution in [-0.2, 0) is 20.7 Å². The highest BCUT2D eigenvalue weighted by Gasteiger charge is 2.29. The van der Waals surface area contributed by atoms with Gasteiger partial charge in [0.25, 0.3) is 0 Å². The molecule has 0 aromatic heterocycles. The van der Waals surface area contributed by atoms with Gasteiger partial charge in [0.05, 0.1) is 12.3 Å². The van der Waals surface area contributed by atoms with E-state index in [4.69, 9.17) is 9.47 Å². The van der Waals surface area contributed by atoms with Crippen molar-refractivity contribution in [3.8, 4) is 0 Å². The Morgan fingerprint density at radius 2 is 2.00 bits per heavy atom. The summed E-state index contributed by atoms with van der Waals surface area (Å²) in [6, 6.07) is 5.83. The summed E-state index contributed by atoms with van der Waals surface area (Å²) >= 11 is 0. The molecule has 130 valence electrons. The number of hydrogen-bond donors (Lipinski definition) is 0. The number of allylic oxidation sites excluding steroid dienone is 1. The number of carbonyl (C=O) groups excluding carboxylic acids is 2. The summed E-state index contributed by atoms with van der Waals surface area (Å²) in [5.74, 6) is -0.342. The SMILES string of the molecule is CCOC(=O)/C=C(\C)c1ccc2c(c1)CCN2C(=O)OC(C)(C)C. The average molecular weight is 331 g/mol. The number of fused-ring (bicyclic) bond motifs is 1. The van der Waals surface area contributed by atoms with Crippen LogP contribution in [0.25, 0.3) is 5.57 Å². The number of anilines is 1. The molecule has 0 fully saturated rings. The first-order valence-corrected chi connectivity index (χ1v) is 8.20. The molecule has 0 aliphatic carbocycles. The monoisotopic (exact) mass is 331 g/mol. The van der Waals surface area contributed by atoms with E-state index in [9.17, 15) is 9.59 Å². The van der Waals surface area contributed by atoms with Crippen LogP contribution in [0.3, 0.4) is 0 Å². The molecule has 1 aliphatic heterocycles. The normalized spacial score (nSPS) is 14.4. The highest BCUT2D eigenvalue weighted by Crippen LogP contribution is 2.32. The number of esters is 1. The van der Waals surface area contributed by atoms with Crippen LogP contribution in [-0.4, -0.2) is 30.8 Å². The smallest absolute Gasteiger partial charge is 0.414 e. The van der Waals surface area contributed by atoms with E-state index < -0.39 is 5.60 Å². The second kappa shape index (κ2) is 7.07. The minimum atomic E-state index is -0.515. The molecule has 1 heterocycles. The number of ether oxygens (including phenoxy) is 2. The maximum absolute atomic E-state index is 12.3. The van der Waals surface area contributed by atoms with E-state index in [2.05, 4.69) is 0 Å². The molecule has 1 aliphatic rings. The Hall–Kier alpha value is -2.30. The zero-order valence-electron chi connectivity index (χ0n) is 15.0. The number of nitrogens with zero attached hydrogens (tertiary/aromatic N) is 1. The first kappa shape index (κ1) is 18.0. The van der Waals surface area contributed by atoms with Gasteiger partial charge < -0.3 is 9.47 Å². The molecule has 24 heavy (non-hydrogen) atoms. The summed E-state index contributed by atoms with van der Waals surface area (Å²) in [7, 11) is 0. The van der Waals surface area contributed by atoms with Crippen molar-refractivity contribution in [1.29, 1.82) is 0 Å². The molecule has 1 amide bonds. The van der Waals surface area contributed by atoms with Gasteiger partial charge in [-0.3, -0.25) is 4.90 Å². The van der Waals surface area contributed by atoms with Crippen molar-refractivity contribution in [3.63, 3.8) is 0 Å². The van der Waals surface area contributed by atoms with Crippen LogP contribution in [0.4, 0.5) is 10.5 Å². The molecule has 0 saturated carbocycles. The molecular weight excluding hydrogens is 306 g/mol. The third-order valence-electron chi connectivity index (χ3n) is 3.67. The molecule has 0 saturated heterocycles. The lowest BCUT2D eigenvalue weighted by molar-refractivity contribution is -0.137. The number of rotatable bonds is 3. The molecule has 0 unspecified atom stereocenters. The zero-order valence-corrected chi connectivity index (χ0v) is 15.0. The molecule has 0 spiro atoms. The predicted octanol–water partition coefficient (Wildman–Crippen LogP) is 3.95. The van der Waals surface area contributed by atoms with Gasteiger partial charge in [-0.25, -0.2) is 9.59 Å². The van der Waals surface area contributed by atoms with Crippen molar-refractivity contribution in [2.75, 3.05) is 18.1 Å².